The monoisotopic (exact) mass is 531 g/mol. The Morgan fingerprint density at radius 2 is 1.79 bits per heavy atom. The van der Waals surface area contributed by atoms with Gasteiger partial charge in [-0.3, -0.25) is 9.59 Å². The van der Waals surface area contributed by atoms with E-state index in [0.717, 1.165) is 24.5 Å². The molecule has 1 unspecified atom stereocenters. The first-order valence-electron chi connectivity index (χ1n) is 13.0. The van der Waals surface area contributed by atoms with Crippen molar-refractivity contribution in [3.63, 3.8) is 0 Å². The molecular formula is C31H30FNO6. The van der Waals surface area contributed by atoms with Gasteiger partial charge in [-0.1, -0.05) is 31.5 Å². The Kier molecular flexibility index (Phi) is 7.54. The van der Waals surface area contributed by atoms with Crippen LogP contribution in [0.2, 0.25) is 0 Å². The fourth-order valence-electron chi connectivity index (χ4n) is 4.96. The second-order valence-corrected chi connectivity index (χ2v) is 9.43. The van der Waals surface area contributed by atoms with E-state index in [1.54, 1.807) is 19.1 Å². The van der Waals surface area contributed by atoms with Gasteiger partial charge in [-0.25, -0.2) is 4.39 Å². The molecule has 0 radical (unpaired) electrons. The molecule has 0 bridgehead atoms. The summed E-state index contributed by atoms with van der Waals surface area (Å²) in [4.78, 5) is 29.1. The highest BCUT2D eigenvalue weighted by atomic mass is 19.1. The maximum Gasteiger partial charge on any atom is 0.290 e. The van der Waals surface area contributed by atoms with Crippen LogP contribution in [0.3, 0.4) is 0 Å². The SMILES string of the molecule is CCCCOc1cccc(C2c3c(oc4ccc(F)cc4c3=O)C(=O)N2CCc2ccc(OC)c(OC)c2)c1. The van der Waals surface area contributed by atoms with Crippen molar-refractivity contribution in [2.45, 2.75) is 32.2 Å². The molecule has 1 atom stereocenters. The molecule has 1 aromatic heterocycles. The summed E-state index contributed by atoms with van der Waals surface area (Å²) in [5.41, 5.74) is 1.60. The van der Waals surface area contributed by atoms with Gasteiger partial charge in [0.25, 0.3) is 5.91 Å². The van der Waals surface area contributed by atoms with Crippen LogP contribution in [0.4, 0.5) is 4.39 Å². The minimum absolute atomic E-state index is 0.0197. The summed E-state index contributed by atoms with van der Waals surface area (Å²) in [6.07, 6.45) is 2.40. The lowest BCUT2D eigenvalue weighted by atomic mass is 9.98. The molecule has 5 rings (SSSR count). The molecule has 7 nitrogen and oxygen atoms in total. The van der Waals surface area contributed by atoms with Crippen molar-refractivity contribution in [1.82, 2.24) is 4.90 Å². The van der Waals surface area contributed by atoms with Crippen LogP contribution in [-0.2, 0) is 6.42 Å². The predicted molar refractivity (Wildman–Crippen MR) is 145 cm³/mol. The molecule has 0 saturated carbocycles. The molecule has 1 amide bonds. The van der Waals surface area contributed by atoms with E-state index in [-0.39, 0.29) is 22.3 Å². The van der Waals surface area contributed by atoms with E-state index in [0.29, 0.717) is 42.4 Å². The zero-order chi connectivity index (χ0) is 27.5. The third-order valence-corrected chi connectivity index (χ3v) is 6.96. The number of carbonyl (C=O) groups is 1. The Labute approximate surface area is 225 Å². The van der Waals surface area contributed by atoms with Gasteiger partial charge in [-0.2, -0.15) is 0 Å². The number of unbranched alkanes of at least 4 members (excludes halogenated alkanes) is 1. The van der Waals surface area contributed by atoms with E-state index in [1.807, 2.05) is 42.5 Å². The maximum absolute atomic E-state index is 14.1. The van der Waals surface area contributed by atoms with Gasteiger partial charge in [-0.15, -0.1) is 0 Å². The molecular weight excluding hydrogens is 501 g/mol. The highest BCUT2D eigenvalue weighted by Crippen LogP contribution is 2.39. The molecule has 3 aromatic carbocycles. The fraction of sp³-hybridized carbons (Fsp3) is 0.290. The van der Waals surface area contributed by atoms with Gasteiger partial charge in [0.05, 0.1) is 37.8 Å². The second-order valence-electron chi connectivity index (χ2n) is 9.43. The number of amides is 1. The average Bonchev–Trinajstić information content (AvgIpc) is 3.23. The summed E-state index contributed by atoms with van der Waals surface area (Å²) in [5.74, 6) is 0.886. The normalized spacial score (nSPS) is 14.5. The minimum atomic E-state index is -0.716. The third kappa shape index (κ3) is 5.06. The first-order valence-corrected chi connectivity index (χ1v) is 13.0. The van der Waals surface area contributed by atoms with Gasteiger partial charge in [0.1, 0.15) is 17.1 Å². The van der Waals surface area contributed by atoms with Crippen LogP contribution in [0.1, 0.15) is 53.1 Å². The average molecular weight is 532 g/mol. The Morgan fingerprint density at radius 3 is 2.56 bits per heavy atom. The zero-order valence-electron chi connectivity index (χ0n) is 22.2. The van der Waals surface area contributed by atoms with Gasteiger partial charge in [0, 0.05) is 6.54 Å². The first kappa shape index (κ1) is 26.3. The number of carbonyl (C=O) groups excluding carboxylic acids is 1. The number of ether oxygens (including phenoxy) is 3. The number of methoxy groups -OCH3 is 2. The van der Waals surface area contributed by atoms with E-state index in [1.165, 1.54) is 12.1 Å². The lowest BCUT2D eigenvalue weighted by molar-refractivity contribution is 0.0729. The fourth-order valence-corrected chi connectivity index (χ4v) is 4.96. The quantitative estimate of drug-likeness (QED) is 0.237. The van der Waals surface area contributed by atoms with Crippen LogP contribution in [-0.4, -0.2) is 38.2 Å². The molecule has 1 aliphatic rings. The van der Waals surface area contributed by atoms with Crippen LogP contribution >= 0.6 is 0 Å². The van der Waals surface area contributed by atoms with Gasteiger partial charge in [0.2, 0.25) is 5.76 Å². The molecule has 0 aliphatic carbocycles. The Hall–Kier alpha value is -4.33. The molecule has 1 aliphatic heterocycles. The number of halogens is 1. The second kappa shape index (κ2) is 11.2. The van der Waals surface area contributed by atoms with Gasteiger partial charge < -0.3 is 23.5 Å². The van der Waals surface area contributed by atoms with Crippen molar-refractivity contribution in [3.05, 3.63) is 99.2 Å². The van der Waals surface area contributed by atoms with Crippen LogP contribution in [0, 0.1) is 5.82 Å². The zero-order valence-corrected chi connectivity index (χ0v) is 22.2. The topological polar surface area (TPSA) is 78.2 Å². The summed E-state index contributed by atoms with van der Waals surface area (Å²) in [6.45, 7) is 2.95. The molecule has 2 heterocycles. The van der Waals surface area contributed by atoms with Crippen LogP contribution in [0.15, 0.2) is 69.9 Å². The molecule has 0 N–H and O–H groups in total. The van der Waals surface area contributed by atoms with Crippen LogP contribution < -0.4 is 19.6 Å². The van der Waals surface area contributed by atoms with Crippen molar-refractivity contribution in [1.29, 1.82) is 0 Å². The summed E-state index contributed by atoms with van der Waals surface area (Å²) in [7, 11) is 3.14. The lowest BCUT2D eigenvalue weighted by Gasteiger charge is -2.25. The van der Waals surface area contributed by atoms with Gasteiger partial charge in [-0.05, 0) is 66.4 Å². The summed E-state index contributed by atoms with van der Waals surface area (Å²) < 4.78 is 36.7. The Balaban J connectivity index is 1.57. The number of hydrogen-bond donors (Lipinski definition) is 0. The van der Waals surface area contributed by atoms with Crippen molar-refractivity contribution in [2.24, 2.45) is 0 Å². The highest BCUT2D eigenvalue weighted by molar-refractivity contribution is 5.99. The number of benzene rings is 3. The third-order valence-electron chi connectivity index (χ3n) is 6.96. The summed E-state index contributed by atoms with van der Waals surface area (Å²) in [6, 6.07) is 16.0. The van der Waals surface area contributed by atoms with E-state index < -0.39 is 23.2 Å². The van der Waals surface area contributed by atoms with Gasteiger partial charge >= 0.3 is 0 Å². The minimum Gasteiger partial charge on any atom is -0.494 e. The molecule has 39 heavy (non-hydrogen) atoms. The molecule has 0 fully saturated rings. The smallest absolute Gasteiger partial charge is 0.290 e. The Morgan fingerprint density at radius 1 is 0.974 bits per heavy atom. The number of rotatable bonds is 10. The standard InChI is InChI=1S/C31H30FNO6/c1-4-5-15-38-22-8-6-7-20(17-22)28-27-29(34)23-18-21(32)10-12-24(23)39-30(27)31(35)33(28)14-13-19-9-11-25(36-2)26(16-19)37-3/h6-12,16-18,28H,4-5,13-15H2,1-3H3. The summed E-state index contributed by atoms with van der Waals surface area (Å²) >= 11 is 0. The molecule has 8 heteroatoms. The Bertz CT molecular complexity index is 1580. The van der Waals surface area contributed by atoms with Crippen LogP contribution in [0.25, 0.3) is 11.0 Å². The van der Waals surface area contributed by atoms with Crippen molar-refractivity contribution < 1.29 is 27.8 Å². The first-order chi connectivity index (χ1) is 18.9. The molecule has 0 spiro atoms. The van der Waals surface area contributed by atoms with E-state index in [9.17, 15) is 14.0 Å². The maximum atomic E-state index is 14.1. The lowest BCUT2D eigenvalue weighted by Crippen LogP contribution is -2.31. The van der Waals surface area contributed by atoms with Crippen molar-refractivity contribution in [2.75, 3.05) is 27.4 Å². The molecule has 4 aromatic rings. The number of hydrogen-bond acceptors (Lipinski definition) is 6. The van der Waals surface area contributed by atoms with Crippen molar-refractivity contribution >= 4 is 16.9 Å². The van der Waals surface area contributed by atoms with E-state index >= 15 is 0 Å². The highest BCUT2D eigenvalue weighted by Gasteiger charge is 2.42. The molecule has 0 saturated heterocycles. The van der Waals surface area contributed by atoms with Crippen LogP contribution in [0.5, 0.6) is 17.2 Å². The summed E-state index contributed by atoms with van der Waals surface area (Å²) in [5, 5.41) is 0.101. The number of fused-ring (bicyclic) bond motifs is 2. The van der Waals surface area contributed by atoms with E-state index in [4.69, 9.17) is 18.6 Å². The van der Waals surface area contributed by atoms with Gasteiger partial charge in [0.15, 0.2) is 16.9 Å². The number of nitrogens with zero attached hydrogens (tertiary/aromatic N) is 1. The van der Waals surface area contributed by atoms with E-state index in [2.05, 4.69) is 6.92 Å². The van der Waals surface area contributed by atoms with Crippen molar-refractivity contribution in [3.8, 4) is 17.2 Å². The largest absolute Gasteiger partial charge is 0.494 e. The predicted octanol–water partition coefficient (Wildman–Crippen LogP) is 5.92. The molecule has 202 valence electrons.